The van der Waals surface area contributed by atoms with E-state index in [1.54, 1.807) is 0 Å². The van der Waals surface area contributed by atoms with Crippen molar-refractivity contribution >= 4 is 15.7 Å². The van der Waals surface area contributed by atoms with Crippen molar-refractivity contribution in [1.82, 2.24) is 5.32 Å². The quantitative estimate of drug-likeness (QED) is 0.633. The molecule has 0 saturated carbocycles. The van der Waals surface area contributed by atoms with Crippen molar-refractivity contribution in [2.45, 2.75) is 19.1 Å². The number of nitrogens with one attached hydrogen (secondary N) is 1. The van der Waals surface area contributed by atoms with Crippen molar-refractivity contribution in [2.75, 3.05) is 19.3 Å². The summed E-state index contributed by atoms with van der Waals surface area (Å²) in [5.41, 5.74) is 5.35. The van der Waals surface area contributed by atoms with Crippen LogP contribution in [0.25, 0.3) is 0 Å². The molecule has 0 aliphatic rings. The Morgan fingerprint density at radius 1 is 1.43 bits per heavy atom. The Hall–Kier alpha value is -0.620. The van der Waals surface area contributed by atoms with Crippen molar-refractivity contribution in [3.63, 3.8) is 0 Å². The monoisotopic (exact) mass is 222 g/mol. The third kappa shape index (κ3) is 4.57. The highest BCUT2D eigenvalue weighted by Gasteiger charge is 2.23. The van der Waals surface area contributed by atoms with Crippen LogP contribution in [0.4, 0.5) is 0 Å². The van der Waals surface area contributed by atoms with Gasteiger partial charge in [-0.05, 0) is 19.4 Å². The smallest absolute Gasteiger partial charge is 0.238 e. The zero-order valence-corrected chi connectivity index (χ0v) is 9.60. The van der Waals surface area contributed by atoms with Crippen LogP contribution in [0.5, 0.6) is 0 Å². The van der Waals surface area contributed by atoms with Gasteiger partial charge in [0.1, 0.15) is 5.25 Å². The topological polar surface area (TPSA) is 89.3 Å². The van der Waals surface area contributed by atoms with E-state index in [-0.39, 0.29) is 5.92 Å². The Morgan fingerprint density at radius 2 is 1.93 bits per heavy atom. The predicted octanol–water partition coefficient (Wildman–Crippen LogP) is -0.869. The molecular weight excluding hydrogens is 204 g/mol. The van der Waals surface area contributed by atoms with Gasteiger partial charge in [0.15, 0.2) is 9.84 Å². The van der Waals surface area contributed by atoms with E-state index in [9.17, 15) is 13.2 Å². The van der Waals surface area contributed by atoms with Crippen molar-refractivity contribution in [3.05, 3.63) is 0 Å². The number of hydrogen-bond acceptors (Lipinski definition) is 4. The molecule has 2 unspecified atom stereocenters. The van der Waals surface area contributed by atoms with Crippen molar-refractivity contribution in [2.24, 2.45) is 11.7 Å². The lowest BCUT2D eigenvalue weighted by Gasteiger charge is -2.13. The third-order valence-electron chi connectivity index (χ3n) is 2.04. The second-order valence-corrected chi connectivity index (χ2v) is 5.92. The lowest BCUT2D eigenvalue weighted by atomic mass is 10.2. The molecule has 0 aromatic rings. The SMILES string of the molecule is CC(CN)CNC(=O)C(C)S(C)(=O)=O. The second-order valence-electron chi connectivity index (χ2n) is 3.56. The molecule has 0 aromatic carbocycles. The van der Waals surface area contributed by atoms with E-state index in [2.05, 4.69) is 5.32 Å². The summed E-state index contributed by atoms with van der Waals surface area (Å²) in [5.74, 6) is -0.307. The first kappa shape index (κ1) is 13.4. The number of nitrogens with two attached hydrogens (primary N) is 1. The zero-order valence-electron chi connectivity index (χ0n) is 8.78. The third-order valence-corrected chi connectivity index (χ3v) is 3.54. The Kier molecular flexibility index (Phi) is 5.07. The van der Waals surface area contributed by atoms with Gasteiger partial charge in [-0.1, -0.05) is 6.92 Å². The number of amides is 1. The average Bonchev–Trinajstić information content (AvgIpc) is 2.10. The standard InChI is InChI=1S/C8H18N2O3S/c1-6(4-9)5-10-8(11)7(2)14(3,12)13/h6-7H,4-5,9H2,1-3H3,(H,10,11). The van der Waals surface area contributed by atoms with E-state index in [0.717, 1.165) is 6.26 Å². The minimum absolute atomic E-state index is 0.158. The molecule has 2 atom stereocenters. The molecule has 6 heteroatoms. The van der Waals surface area contributed by atoms with Gasteiger partial charge in [0, 0.05) is 12.8 Å². The van der Waals surface area contributed by atoms with Gasteiger partial charge >= 0.3 is 0 Å². The number of hydrogen-bond donors (Lipinski definition) is 2. The fourth-order valence-corrected chi connectivity index (χ4v) is 1.17. The van der Waals surface area contributed by atoms with E-state index in [1.165, 1.54) is 6.92 Å². The molecule has 1 amide bonds. The summed E-state index contributed by atoms with van der Waals surface area (Å²) in [6.07, 6.45) is 1.05. The first-order valence-corrected chi connectivity index (χ1v) is 6.41. The molecule has 14 heavy (non-hydrogen) atoms. The Labute approximate surface area is 85.0 Å². The molecular formula is C8H18N2O3S. The minimum Gasteiger partial charge on any atom is -0.355 e. The van der Waals surface area contributed by atoms with E-state index >= 15 is 0 Å². The molecule has 0 spiro atoms. The summed E-state index contributed by atoms with van der Waals surface area (Å²) < 4.78 is 22.0. The summed E-state index contributed by atoms with van der Waals surface area (Å²) >= 11 is 0. The highest BCUT2D eigenvalue weighted by atomic mass is 32.2. The van der Waals surface area contributed by atoms with Crippen molar-refractivity contribution in [1.29, 1.82) is 0 Å². The first-order chi connectivity index (χ1) is 6.29. The number of carbonyl (C=O) groups is 1. The number of rotatable bonds is 5. The van der Waals surface area contributed by atoms with Crippen LogP contribution in [0, 0.1) is 5.92 Å². The van der Waals surface area contributed by atoms with Crippen molar-refractivity contribution < 1.29 is 13.2 Å². The van der Waals surface area contributed by atoms with Crippen LogP contribution in [-0.2, 0) is 14.6 Å². The summed E-state index contributed by atoms with van der Waals surface area (Å²) in [5, 5.41) is 1.55. The van der Waals surface area contributed by atoms with Crippen molar-refractivity contribution in [3.8, 4) is 0 Å². The number of sulfone groups is 1. The van der Waals surface area contributed by atoms with Gasteiger partial charge in [-0.3, -0.25) is 4.79 Å². The van der Waals surface area contributed by atoms with Crippen LogP contribution in [-0.4, -0.2) is 38.9 Å². The normalized spacial score (nSPS) is 16.0. The molecule has 0 aromatic heterocycles. The van der Waals surface area contributed by atoms with E-state index in [4.69, 9.17) is 5.73 Å². The highest BCUT2D eigenvalue weighted by molar-refractivity contribution is 7.92. The van der Waals surface area contributed by atoms with Gasteiger partial charge in [0.25, 0.3) is 0 Å². The maximum absolute atomic E-state index is 11.3. The summed E-state index contributed by atoms with van der Waals surface area (Å²) in [6.45, 7) is 4.13. The lowest BCUT2D eigenvalue weighted by Crippen LogP contribution is -2.40. The summed E-state index contributed by atoms with van der Waals surface area (Å²) in [6, 6.07) is 0. The summed E-state index contributed by atoms with van der Waals surface area (Å²) in [7, 11) is -3.30. The fourth-order valence-electron chi connectivity index (χ4n) is 0.696. The van der Waals surface area contributed by atoms with Crippen LogP contribution in [0.2, 0.25) is 0 Å². The highest BCUT2D eigenvalue weighted by Crippen LogP contribution is 1.98. The minimum atomic E-state index is -3.30. The van der Waals surface area contributed by atoms with E-state index in [0.29, 0.717) is 13.1 Å². The maximum Gasteiger partial charge on any atom is 0.238 e. The van der Waals surface area contributed by atoms with Gasteiger partial charge in [0.2, 0.25) is 5.91 Å². The molecule has 0 radical (unpaired) electrons. The van der Waals surface area contributed by atoms with Crippen LogP contribution in [0.3, 0.4) is 0 Å². The van der Waals surface area contributed by atoms with E-state index < -0.39 is 21.0 Å². The van der Waals surface area contributed by atoms with Crippen LogP contribution in [0.15, 0.2) is 0 Å². The summed E-state index contributed by atoms with van der Waals surface area (Å²) in [4.78, 5) is 11.3. The Balaban J connectivity index is 4.11. The van der Waals surface area contributed by atoms with Gasteiger partial charge in [0.05, 0.1) is 0 Å². The van der Waals surface area contributed by atoms with Gasteiger partial charge in [-0.2, -0.15) is 0 Å². The molecule has 0 aliphatic carbocycles. The van der Waals surface area contributed by atoms with Crippen LogP contribution in [0.1, 0.15) is 13.8 Å². The predicted molar refractivity (Wildman–Crippen MR) is 55.5 cm³/mol. The lowest BCUT2D eigenvalue weighted by molar-refractivity contribution is -0.120. The molecule has 5 nitrogen and oxygen atoms in total. The Bertz CT molecular complexity index is 287. The molecule has 0 rings (SSSR count). The van der Waals surface area contributed by atoms with Gasteiger partial charge in [-0.25, -0.2) is 8.42 Å². The number of carbonyl (C=O) groups excluding carboxylic acids is 1. The second kappa shape index (κ2) is 5.31. The first-order valence-electron chi connectivity index (χ1n) is 4.45. The molecule has 3 N–H and O–H groups in total. The van der Waals surface area contributed by atoms with Crippen LogP contribution < -0.4 is 11.1 Å². The largest absolute Gasteiger partial charge is 0.355 e. The van der Waals surface area contributed by atoms with Gasteiger partial charge < -0.3 is 11.1 Å². The molecule has 0 fully saturated rings. The Morgan fingerprint density at radius 3 is 2.29 bits per heavy atom. The fraction of sp³-hybridized carbons (Fsp3) is 0.875. The van der Waals surface area contributed by atoms with E-state index in [1.807, 2.05) is 6.92 Å². The molecule has 0 aliphatic heterocycles. The molecule has 0 saturated heterocycles. The molecule has 0 bridgehead atoms. The average molecular weight is 222 g/mol. The van der Waals surface area contributed by atoms with Crippen LogP contribution >= 0.6 is 0 Å². The maximum atomic E-state index is 11.3. The zero-order chi connectivity index (χ0) is 11.4. The molecule has 0 heterocycles. The molecule has 84 valence electrons. The van der Waals surface area contributed by atoms with Gasteiger partial charge in [-0.15, -0.1) is 0 Å².